The third kappa shape index (κ3) is 5.02. The maximum absolute atomic E-state index is 12.4. The van der Waals surface area contributed by atoms with Gasteiger partial charge in [0.1, 0.15) is 5.78 Å². The van der Waals surface area contributed by atoms with E-state index in [0.717, 1.165) is 6.08 Å². The number of carbonyl (C=O) groups is 3. The van der Waals surface area contributed by atoms with Crippen LogP contribution in [0.3, 0.4) is 0 Å². The average Bonchev–Trinajstić information content (AvgIpc) is 3.00. The third-order valence-corrected chi connectivity index (χ3v) is 4.51. The van der Waals surface area contributed by atoms with E-state index in [1.807, 2.05) is 0 Å². The number of aliphatic carboxylic acids is 1. The van der Waals surface area contributed by atoms with Crippen LogP contribution in [0.5, 0.6) is 0 Å². The molecule has 0 saturated carbocycles. The van der Waals surface area contributed by atoms with Crippen LogP contribution in [0.4, 0.5) is 0 Å². The summed E-state index contributed by atoms with van der Waals surface area (Å²) in [6, 6.07) is 3.36. The Morgan fingerprint density at radius 1 is 1.46 bits per heavy atom. The van der Waals surface area contributed by atoms with E-state index >= 15 is 0 Å². The van der Waals surface area contributed by atoms with Gasteiger partial charge in [-0.15, -0.1) is 11.3 Å². The van der Waals surface area contributed by atoms with Crippen LogP contribution < -0.4 is 5.32 Å². The average molecular weight is 351 g/mol. The second kappa shape index (κ2) is 8.23. The fourth-order valence-corrected chi connectivity index (χ4v) is 3.27. The van der Waals surface area contributed by atoms with Crippen molar-refractivity contribution in [1.29, 1.82) is 0 Å². The summed E-state index contributed by atoms with van der Waals surface area (Å²) in [7, 11) is -1.23. The van der Waals surface area contributed by atoms with Crippen LogP contribution in [-0.4, -0.2) is 47.0 Å². The standard InChI is InChI=1S/C15H18BNO6S/c1-9(18)7-10-4-5-13(16(22)23-10)17-15(21)11(8-14(19)20)12-3-2-6-24-12/h2-3,6,8,10,13,22H,4-5,7H2,1H3,(H,17,21)(H,19,20)/b11-8+/t10-,13-/m0/s1. The zero-order valence-corrected chi connectivity index (χ0v) is 13.9. The Morgan fingerprint density at radius 3 is 2.75 bits per heavy atom. The molecule has 1 saturated heterocycles. The molecule has 0 unspecified atom stereocenters. The minimum Gasteiger partial charge on any atom is -0.478 e. The highest BCUT2D eigenvalue weighted by Crippen LogP contribution is 2.23. The van der Waals surface area contributed by atoms with Crippen LogP contribution in [0.2, 0.25) is 0 Å². The lowest BCUT2D eigenvalue weighted by molar-refractivity contribution is -0.131. The molecule has 24 heavy (non-hydrogen) atoms. The molecule has 128 valence electrons. The van der Waals surface area contributed by atoms with Crippen molar-refractivity contribution in [3.63, 3.8) is 0 Å². The largest absolute Gasteiger partial charge is 0.478 e. The first-order valence-electron chi connectivity index (χ1n) is 7.49. The molecule has 7 nitrogen and oxygen atoms in total. The summed E-state index contributed by atoms with van der Waals surface area (Å²) in [5, 5.41) is 23.3. The number of amides is 1. The van der Waals surface area contributed by atoms with E-state index in [4.69, 9.17) is 9.76 Å². The molecule has 2 heterocycles. The first-order chi connectivity index (χ1) is 11.4. The minimum absolute atomic E-state index is 0.0237. The first-order valence-corrected chi connectivity index (χ1v) is 8.37. The molecule has 0 radical (unpaired) electrons. The van der Waals surface area contributed by atoms with Crippen molar-refractivity contribution in [2.24, 2.45) is 0 Å². The highest BCUT2D eigenvalue weighted by atomic mass is 32.1. The predicted molar refractivity (Wildman–Crippen MR) is 89.2 cm³/mol. The van der Waals surface area contributed by atoms with Crippen molar-refractivity contribution < 1.29 is 29.2 Å². The lowest BCUT2D eigenvalue weighted by atomic mass is 9.72. The number of carbonyl (C=O) groups excluding carboxylic acids is 2. The van der Waals surface area contributed by atoms with E-state index < -0.39 is 24.9 Å². The van der Waals surface area contributed by atoms with Gasteiger partial charge in [-0.1, -0.05) is 6.07 Å². The number of carboxylic acid groups (broad SMARTS) is 1. The molecule has 2 atom stereocenters. The van der Waals surface area contributed by atoms with Gasteiger partial charge in [0, 0.05) is 23.5 Å². The second-order valence-electron chi connectivity index (χ2n) is 5.59. The minimum atomic E-state index is -1.23. The van der Waals surface area contributed by atoms with Gasteiger partial charge >= 0.3 is 13.1 Å². The molecule has 0 aliphatic carbocycles. The lowest BCUT2D eigenvalue weighted by Gasteiger charge is -2.31. The van der Waals surface area contributed by atoms with Gasteiger partial charge in [-0.05, 0) is 31.2 Å². The number of nitrogens with one attached hydrogen (secondary N) is 1. The van der Waals surface area contributed by atoms with Gasteiger partial charge in [0.25, 0.3) is 5.91 Å². The molecule has 0 aromatic carbocycles. The normalized spacial score (nSPS) is 21.4. The van der Waals surface area contributed by atoms with Crippen molar-refractivity contribution in [2.75, 3.05) is 0 Å². The summed E-state index contributed by atoms with van der Waals surface area (Å²) in [6.45, 7) is 1.45. The third-order valence-electron chi connectivity index (χ3n) is 3.61. The summed E-state index contributed by atoms with van der Waals surface area (Å²) in [6.07, 6.45) is 1.66. The van der Waals surface area contributed by atoms with Crippen LogP contribution in [0.25, 0.3) is 5.57 Å². The molecule has 1 amide bonds. The number of hydrogen-bond acceptors (Lipinski definition) is 6. The highest BCUT2D eigenvalue weighted by molar-refractivity contribution is 7.11. The summed E-state index contributed by atoms with van der Waals surface area (Å²) in [5.41, 5.74) is 0.0237. The fraction of sp³-hybridized carbons (Fsp3) is 0.400. The number of hydrogen-bond donors (Lipinski definition) is 3. The molecule has 9 heteroatoms. The van der Waals surface area contributed by atoms with Crippen LogP contribution in [0, 0.1) is 0 Å². The predicted octanol–water partition coefficient (Wildman–Crippen LogP) is 0.879. The second-order valence-corrected chi connectivity index (χ2v) is 6.53. The maximum atomic E-state index is 12.4. The summed E-state index contributed by atoms with van der Waals surface area (Å²) in [4.78, 5) is 35.0. The molecule has 1 aromatic heterocycles. The van der Waals surface area contributed by atoms with E-state index in [2.05, 4.69) is 5.32 Å². The zero-order chi connectivity index (χ0) is 17.7. The van der Waals surface area contributed by atoms with Gasteiger partial charge in [-0.2, -0.15) is 0 Å². The molecular formula is C15H18BNO6S. The van der Waals surface area contributed by atoms with Gasteiger partial charge in [-0.25, -0.2) is 4.79 Å². The van der Waals surface area contributed by atoms with Crippen molar-refractivity contribution >= 4 is 41.7 Å². The number of carboxylic acids is 1. The molecule has 1 aliphatic heterocycles. The Hall–Kier alpha value is -1.97. The Bertz CT molecular complexity index is 644. The summed E-state index contributed by atoms with van der Waals surface area (Å²) >= 11 is 1.25. The Labute approximate surface area is 143 Å². The Morgan fingerprint density at radius 2 is 2.21 bits per heavy atom. The smallest absolute Gasteiger partial charge is 0.478 e. The van der Waals surface area contributed by atoms with Gasteiger partial charge in [-0.3, -0.25) is 9.59 Å². The maximum Gasteiger partial charge on any atom is 0.478 e. The van der Waals surface area contributed by atoms with Crippen molar-refractivity contribution in [2.45, 2.75) is 38.2 Å². The quantitative estimate of drug-likeness (QED) is 0.518. The molecule has 3 N–H and O–H groups in total. The Kier molecular flexibility index (Phi) is 6.30. The molecule has 0 spiro atoms. The summed E-state index contributed by atoms with van der Waals surface area (Å²) < 4.78 is 5.35. The van der Waals surface area contributed by atoms with E-state index in [-0.39, 0.29) is 23.9 Å². The molecule has 0 bridgehead atoms. The number of rotatable bonds is 6. The van der Waals surface area contributed by atoms with E-state index in [0.29, 0.717) is 17.7 Å². The van der Waals surface area contributed by atoms with Crippen molar-refractivity contribution in [3.8, 4) is 0 Å². The van der Waals surface area contributed by atoms with Crippen LogP contribution in [0.15, 0.2) is 23.6 Å². The molecule has 1 aliphatic rings. The van der Waals surface area contributed by atoms with Crippen LogP contribution in [-0.2, 0) is 19.0 Å². The van der Waals surface area contributed by atoms with Crippen LogP contribution >= 0.6 is 11.3 Å². The molecular weight excluding hydrogens is 333 g/mol. The summed E-state index contributed by atoms with van der Waals surface area (Å²) in [5.74, 6) is -2.50. The van der Waals surface area contributed by atoms with Gasteiger partial charge in [0.15, 0.2) is 0 Å². The van der Waals surface area contributed by atoms with E-state index in [1.54, 1.807) is 17.5 Å². The van der Waals surface area contributed by atoms with E-state index in [9.17, 15) is 19.4 Å². The fourth-order valence-electron chi connectivity index (χ4n) is 2.53. The van der Waals surface area contributed by atoms with Gasteiger partial charge < -0.3 is 20.1 Å². The lowest BCUT2D eigenvalue weighted by Crippen LogP contribution is -2.53. The molecule has 1 aromatic rings. The monoisotopic (exact) mass is 351 g/mol. The first kappa shape index (κ1) is 18.4. The van der Waals surface area contributed by atoms with Gasteiger partial charge in [0.2, 0.25) is 0 Å². The number of ketones is 1. The SMILES string of the molecule is CC(=O)C[C@@H]1CC[C@H](NC(=O)/C(=C/C(=O)O)c2cccs2)B(O)O1. The number of thiophene rings is 1. The molecule has 1 fully saturated rings. The van der Waals surface area contributed by atoms with Crippen molar-refractivity contribution in [3.05, 3.63) is 28.5 Å². The highest BCUT2D eigenvalue weighted by Gasteiger charge is 2.36. The number of Topliss-reactive ketones (excluding diaryl/α,β-unsaturated/α-hetero) is 1. The topological polar surface area (TPSA) is 113 Å². The van der Waals surface area contributed by atoms with Crippen molar-refractivity contribution in [1.82, 2.24) is 5.32 Å². The zero-order valence-electron chi connectivity index (χ0n) is 13.1. The van der Waals surface area contributed by atoms with E-state index in [1.165, 1.54) is 18.3 Å². The van der Waals surface area contributed by atoms with Gasteiger partial charge in [0.05, 0.1) is 11.5 Å². The Balaban J connectivity index is 2.03. The molecule has 2 rings (SSSR count). The van der Waals surface area contributed by atoms with Crippen LogP contribution in [0.1, 0.15) is 31.1 Å².